The third-order valence-electron chi connectivity index (χ3n) is 3.05. The average molecular weight is 293 g/mol. The fraction of sp³-hybridized carbons (Fsp3) is 0.250. The first kappa shape index (κ1) is 14.4. The monoisotopic (exact) mass is 293 g/mol. The van der Waals surface area contributed by atoms with Crippen molar-refractivity contribution in [1.29, 1.82) is 0 Å². The molecular formula is C12H11N3O6. The zero-order valence-electron chi connectivity index (χ0n) is 10.7. The Balaban J connectivity index is 2.23. The van der Waals surface area contributed by atoms with Gasteiger partial charge in [-0.05, 0) is 12.1 Å². The van der Waals surface area contributed by atoms with E-state index in [4.69, 9.17) is 5.11 Å². The Morgan fingerprint density at radius 3 is 2.67 bits per heavy atom. The summed E-state index contributed by atoms with van der Waals surface area (Å²) in [6.07, 6.45) is 0.0207. The number of nitro benzene ring substituents is 1. The number of hydrogen-bond donors (Lipinski definition) is 3. The molecule has 0 radical (unpaired) electrons. The summed E-state index contributed by atoms with van der Waals surface area (Å²) < 4.78 is 0. The largest absolute Gasteiger partial charge is 0.478 e. The number of nitrogens with one attached hydrogen (secondary N) is 2. The van der Waals surface area contributed by atoms with Gasteiger partial charge in [-0.2, -0.15) is 0 Å². The summed E-state index contributed by atoms with van der Waals surface area (Å²) in [6, 6.07) is 3.18. The molecule has 1 aliphatic rings. The van der Waals surface area contributed by atoms with E-state index in [9.17, 15) is 24.5 Å². The minimum absolute atomic E-state index is 0.0207. The Morgan fingerprint density at radius 2 is 2.14 bits per heavy atom. The molecule has 2 rings (SSSR count). The van der Waals surface area contributed by atoms with Crippen LogP contribution in [0.25, 0.3) is 0 Å². The van der Waals surface area contributed by atoms with Crippen LogP contribution in [0.2, 0.25) is 0 Å². The molecule has 1 aliphatic heterocycles. The molecule has 1 unspecified atom stereocenters. The van der Waals surface area contributed by atoms with E-state index < -0.39 is 28.4 Å². The SMILES string of the molecule is O=C1CC(C(=O)Nc2ccc(C(=O)O)cc2[N+](=O)[O-])CN1. The van der Waals surface area contributed by atoms with Gasteiger partial charge in [0.2, 0.25) is 11.8 Å². The highest BCUT2D eigenvalue weighted by Crippen LogP contribution is 2.26. The average Bonchev–Trinajstić information content (AvgIpc) is 2.85. The van der Waals surface area contributed by atoms with Gasteiger partial charge in [0.1, 0.15) is 5.69 Å². The predicted octanol–water partition coefficient (Wildman–Crippen LogP) is 0.368. The highest BCUT2D eigenvalue weighted by Gasteiger charge is 2.29. The molecule has 0 aliphatic carbocycles. The van der Waals surface area contributed by atoms with Crippen molar-refractivity contribution in [2.24, 2.45) is 5.92 Å². The molecule has 9 heteroatoms. The number of anilines is 1. The van der Waals surface area contributed by atoms with Crippen LogP contribution in [0.1, 0.15) is 16.8 Å². The topological polar surface area (TPSA) is 139 Å². The van der Waals surface area contributed by atoms with Gasteiger partial charge in [-0.25, -0.2) is 4.79 Å². The van der Waals surface area contributed by atoms with Crippen LogP contribution in [0.15, 0.2) is 18.2 Å². The molecule has 0 bridgehead atoms. The second kappa shape index (κ2) is 5.57. The van der Waals surface area contributed by atoms with Crippen LogP contribution in [-0.2, 0) is 9.59 Å². The summed E-state index contributed by atoms with van der Waals surface area (Å²) in [5, 5.41) is 24.6. The van der Waals surface area contributed by atoms with E-state index in [2.05, 4.69) is 10.6 Å². The van der Waals surface area contributed by atoms with Gasteiger partial charge in [-0.15, -0.1) is 0 Å². The fourth-order valence-corrected chi connectivity index (χ4v) is 1.95. The highest BCUT2D eigenvalue weighted by molar-refractivity contribution is 5.99. The van der Waals surface area contributed by atoms with Gasteiger partial charge >= 0.3 is 5.97 Å². The predicted molar refractivity (Wildman–Crippen MR) is 69.8 cm³/mol. The normalized spacial score (nSPS) is 17.1. The van der Waals surface area contributed by atoms with Gasteiger partial charge in [-0.3, -0.25) is 19.7 Å². The number of carboxylic acids is 1. The molecule has 1 heterocycles. The van der Waals surface area contributed by atoms with E-state index in [1.165, 1.54) is 0 Å². The maximum atomic E-state index is 11.9. The number of nitrogens with zero attached hydrogens (tertiary/aromatic N) is 1. The lowest BCUT2D eigenvalue weighted by Gasteiger charge is -2.09. The number of amides is 2. The van der Waals surface area contributed by atoms with Crippen LogP contribution in [0, 0.1) is 16.0 Å². The Morgan fingerprint density at radius 1 is 1.43 bits per heavy atom. The number of carbonyl (C=O) groups is 3. The van der Waals surface area contributed by atoms with Crippen LogP contribution in [0.4, 0.5) is 11.4 Å². The van der Waals surface area contributed by atoms with Crippen molar-refractivity contribution >= 4 is 29.2 Å². The Bertz CT molecular complexity index is 642. The van der Waals surface area contributed by atoms with Crippen molar-refractivity contribution in [3.63, 3.8) is 0 Å². The zero-order valence-corrected chi connectivity index (χ0v) is 10.7. The van der Waals surface area contributed by atoms with E-state index in [1.807, 2.05) is 0 Å². The molecule has 3 N–H and O–H groups in total. The Labute approximate surface area is 118 Å². The molecule has 1 fully saturated rings. The molecule has 1 aromatic rings. The number of rotatable bonds is 4. The molecule has 2 amide bonds. The number of aromatic carboxylic acids is 1. The quantitative estimate of drug-likeness (QED) is 0.541. The summed E-state index contributed by atoms with van der Waals surface area (Å²) in [7, 11) is 0. The summed E-state index contributed by atoms with van der Waals surface area (Å²) in [5.41, 5.74) is -0.868. The lowest BCUT2D eigenvalue weighted by atomic mass is 10.1. The van der Waals surface area contributed by atoms with Crippen LogP contribution in [-0.4, -0.2) is 34.4 Å². The first-order valence-electron chi connectivity index (χ1n) is 5.98. The summed E-state index contributed by atoms with van der Waals surface area (Å²) >= 11 is 0. The van der Waals surface area contributed by atoms with Gasteiger partial charge in [-0.1, -0.05) is 0 Å². The van der Waals surface area contributed by atoms with E-state index >= 15 is 0 Å². The lowest BCUT2D eigenvalue weighted by molar-refractivity contribution is -0.384. The summed E-state index contributed by atoms with van der Waals surface area (Å²) in [5.74, 6) is -2.69. The maximum Gasteiger partial charge on any atom is 0.335 e. The smallest absolute Gasteiger partial charge is 0.335 e. The second-order valence-electron chi connectivity index (χ2n) is 4.49. The van der Waals surface area contributed by atoms with Crippen molar-refractivity contribution in [3.8, 4) is 0 Å². The van der Waals surface area contributed by atoms with Gasteiger partial charge in [0, 0.05) is 19.0 Å². The van der Waals surface area contributed by atoms with Crippen molar-refractivity contribution in [1.82, 2.24) is 5.32 Å². The number of hydrogen-bond acceptors (Lipinski definition) is 5. The van der Waals surface area contributed by atoms with Gasteiger partial charge < -0.3 is 15.7 Å². The van der Waals surface area contributed by atoms with E-state index in [-0.39, 0.29) is 30.1 Å². The molecule has 1 saturated heterocycles. The van der Waals surface area contributed by atoms with Crippen LogP contribution in [0.3, 0.4) is 0 Å². The van der Waals surface area contributed by atoms with E-state index in [1.54, 1.807) is 0 Å². The van der Waals surface area contributed by atoms with E-state index in [0.717, 1.165) is 18.2 Å². The number of carbonyl (C=O) groups excluding carboxylic acids is 2. The van der Waals surface area contributed by atoms with Crippen LogP contribution in [0.5, 0.6) is 0 Å². The van der Waals surface area contributed by atoms with E-state index in [0.29, 0.717) is 0 Å². The third-order valence-corrected chi connectivity index (χ3v) is 3.05. The third kappa shape index (κ3) is 3.14. The van der Waals surface area contributed by atoms with Gasteiger partial charge in [0.15, 0.2) is 0 Å². The molecule has 0 aromatic heterocycles. The number of nitro groups is 1. The molecule has 9 nitrogen and oxygen atoms in total. The lowest BCUT2D eigenvalue weighted by Crippen LogP contribution is -2.25. The standard InChI is InChI=1S/C12H11N3O6/c16-10-4-7(5-13-10)11(17)14-8-2-1-6(12(18)19)3-9(8)15(20)21/h1-3,7H,4-5H2,(H,13,16)(H,14,17)(H,18,19). The minimum atomic E-state index is -1.30. The Kier molecular flexibility index (Phi) is 3.83. The molecule has 1 aromatic carbocycles. The van der Waals surface area contributed by atoms with Crippen molar-refractivity contribution in [2.75, 3.05) is 11.9 Å². The molecule has 0 saturated carbocycles. The number of benzene rings is 1. The molecule has 1 atom stereocenters. The summed E-state index contributed by atoms with van der Waals surface area (Å²) in [4.78, 5) is 43.9. The minimum Gasteiger partial charge on any atom is -0.478 e. The number of carboxylic acid groups (broad SMARTS) is 1. The van der Waals surface area contributed by atoms with Crippen LogP contribution >= 0.6 is 0 Å². The maximum absolute atomic E-state index is 11.9. The van der Waals surface area contributed by atoms with Gasteiger partial charge in [0.25, 0.3) is 5.69 Å². The highest BCUT2D eigenvalue weighted by atomic mass is 16.6. The molecule has 0 spiro atoms. The zero-order chi connectivity index (χ0) is 15.6. The molecule has 110 valence electrons. The van der Waals surface area contributed by atoms with Gasteiger partial charge in [0.05, 0.1) is 16.4 Å². The summed E-state index contributed by atoms with van der Waals surface area (Å²) in [6.45, 7) is 0.172. The first-order valence-corrected chi connectivity index (χ1v) is 5.98. The van der Waals surface area contributed by atoms with Crippen molar-refractivity contribution in [3.05, 3.63) is 33.9 Å². The first-order chi connectivity index (χ1) is 9.88. The van der Waals surface area contributed by atoms with Crippen LogP contribution < -0.4 is 10.6 Å². The van der Waals surface area contributed by atoms with Crippen molar-refractivity contribution in [2.45, 2.75) is 6.42 Å². The Hall–Kier alpha value is -2.97. The van der Waals surface area contributed by atoms with Crippen molar-refractivity contribution < 1.29 is 24.4 Å². The second-order valence-corrected chi connectivity index (χ2v) is 4.49. The molecular weight excluding hydrogens is 282 g/mol. The fourth-order valence-electron chi connectivity index (χ4n) is 1.95. The molecule has 21 heavy (non-hydrogen) atoms.